The Morgan fingerprint density at radius 3 is 1.05 bits per heavy atom. The molecule has 0 aromatic heterocycles. The van der Waals surface area contributed by atoms with Crippen LogP contribution in [0.15, 0.2) is 0 Å². The minimum atomic E-state index is 0. The van der Waals surface area contributed by atoms with Crippen molar-refractivity contribution >= 4 is 0 Å². The molecule has 0 fully saturated rings. The quantitative estimate of drug-likeness (QED) is 0.285. The predicted octanol–water partition coefficient (Wildman–Crippen LogP) is 3.57. The molecule has 0 N–H and O–H groups in total. The van der Waals surface area contributed by atoms with E-state index in [0.29, 0.717) is 0 Å². The minimum absolute atomic E-state index is 0. The number of quaternary nitrogens is 1. The van der Waals surface area contributed by atoms with E-state index in [9.17, 15) is 0 Å². The van der Waals surface area contributed by atoms with Crippen molar-refractivity contribution in [1.29, 1.82) is 0 Å². The maximum Gasteiger partial charge on any atom is 0.0782 e. The van der Waals surface area contributed by atoms with Crippen LogP contribution < -0.4 is 17.0 Å². The van der Waals surface area contributed by atoms with Gasteiger partial charge in [-0.25, -0.2) is 0 Å². The van der Waals surface area contributed by atoms with Gasteiger partial charge in [0.2, 0.25) is 0 Å². The summed E-state index contributed by atoms with van der Waals surface area (Å²) in [6, 6.07) is 0. The van der Waals surface area contributed by atoms with Gasteiger partial charge in [-0.3, -0.25) is 0 Å². The average molecular weight is 378 g/mol. The summed E-state index contributed by atoms with van der Waals surface area (Å²) in [5, 5.41) is 0. The van der Waals surface area contributed by atoms with Gasteiger partial charge in [0, 0.05) is 0 Å². The van der Waals surface area contributed by atoms with E-state index in [1.807, 2.05) is 0 Å². The summed E-state index contributed by atoms with van der Waals surface area (Å²) in [6.45, 7) is 7.35. The van der Waals surface area contributed by atoms with Crippen LogP contribution in [0.1, 0.15) is 104 Å². The van der Waals surface area contributed by atoms with Crippen molar-refractivity contribution < 1.29 is 21.5 Å². The first-order valence-electron chi connectivity index (χ1n) is 9.94. The standard InChI is InChI=1S/C20H44N.BrH/c1-5-7-9-11-13-15-17-19-21(3,4)20-18-16-14-12-10-8-6-2;/h5-20H2,1-4H3;1H/q+1;/p-1. The molecule has 1 nitrogen and oxygen atoms in total. The molecule has 0 saturated heterocycles. The van der Waals surface area contributed by atoms with Crippen molar-refractivity contribution in [2.24, 2.45) is 0 Å². The molecule has 0 unspecified atom stereocenters. The maximum atomic E-state index is 2.42. The SMILES string of the molecule is CCCCCCCCC[N+](C)(C)CCCCCCCCC.[Br-]. The van der Waals surface area contributed by atoms with Gasteiger partial charge in [-0.15, -0.1) is 0 Å². The average Bonchev–Trinajstić information content (AvgIpc) is 2.45. The second kappa shape index (κ2) is 17.8. The molecule has 0 atom stereocenters. The Bertz CT molecular complexity index is 184. The zero-order chi connectivity index (χ0) is 15.8. The molecule has 0 aliphatic carbocycles. The highest BCUT2D eigenvalue weighted by atomic mass is 79.9. The zero-order valence-corrected chi connectivity index (χ0v) is 17.7. The Labute approximate surface area is 152 Å². The molecule has 0 aliphatic rings. The number of hydrogen-bond acceptors (Lipinski definition) is 0. The molecule has 22 heavy (non-hydrogen) atoms. The van der Waals surface area contributed by atoms with Crippen molar-refractivity contribution in [2.45, 2.75) is 104 Å². The summed E-state index contributed by atoms with van der Waals surface area (Å²) in [6.07, 6.45) is 20.1. The van der Waals surface area contributed by atoms with Crippen LogP contribution >= 0.6 is 0 Å². The Hall–Kier alpha value is 0.440. The Morgan fingerprint density at radius 1 is 0.455 bits per heavy atom. The van der Waals surface area contributed by atoms with Gasteiger partial charge in [0.1, 0.15) is 0 Å². The van der Waals surface area contributed by atoms with Gasteiger partial charge in [-0.1, -0.05) is 78.1 Å². The largest absolute Gasteiger partial charge is 1.00 e. The first-order valence-corrected chi connectivity index (χ1v) is 9.94. The van der Waals surface area contributed by atoms with Crippen molar-refractivity contribution in [1.82, 2.24) is 0 Å². The highest BCUT2D eigenvalue weighted by molar-refractivity contribution is 4.47. The molecule has 0 amide bonds. The third-order valence-electron chi connectivity index (χ3n) is 4.73. The van der Waals surface area contributed by atoms with Crippen LogP contribution in [0.2, 0.25) is 0 Å². The van der Waals surface area contributed by atoms with E-state index in [4.69, 9.17) is 0 Å². The fourth-order valence-electron chi connectivity index (χ4n) is 3.11. The molecule has 0 saturated carbocycles. The number of hydrogen-bond donors (Lipinski definition) is 0. The summed E-state index contributed by atoms with van der Waals surface area (Å²) >= 11 is 0. The van der Waals surface area contributed by atoms with Gasteiger partial charge in [-0.05, 0) is 25.7 Å². The molecule has 0 bridgehead atoms. The van der Waals surface area contributed by atoms with Crippen LogP contribution in [0.3, 0.4) is 0 Å². The summed E-state index contributed by atoms with van der Waals surface area (Å²) in [5.74, 6) is 0. The lowest BCUT2D eigenvalue weighted by Crippen LogP contribution is -3.00. The smallest absolute Gasteiger partial charge is 0.0782 e. The van der Waals surface area contributed by atoms with Crippen LogP contribution in [-0.4, -0.2) is 31.7 Å². The normalized spacial score (nSPS) is 11.5. The summed E-state index contributed by atoms with van der Waals surface area (Å²) in [5.41, 5.74) is 0. The molecular formula is C20H44BrN. The number of rotatable bonds is 16. The van der Waals surface area contributed by atoms with Gasteiger partial charge in [0.15, 0.2) is 0 Å². The molecule has 136 valence electrons. The van der Waals surface area contributed by atoms with Gasteiger partial charge < -0.3 is 21.5 Å². The third kappa shape index (κ3) is 18.5. The van der Waals surface area contributed by atoms with E-state index >= 15 is 0 Å². The van der Waals surface area contributed by atoms with Gasteiger partial charge in [-0.2, -0.15) is 0 Å². The fourth-order valence-corrected chi connectivity index (χ4v) is 3.11. The van der Waals surface area contributed by atoms with Gasteiger partial charge in [0.25, 0.3) is 0 Å². The highest BCUT2D eigenvalue weighted by Crippen LogP contribution is 2.12. The van der Waals surface area contributed by atoms with E-state index in [2.05, 4.69) is 27.9 Å². The van der Waals surface area contributed by atoms with Crippen LogP contribution in [0.5, 0.6) is 0 Å². The molecule has 0 aromatic carbocycles. The van der Waals surface area contributed by atoms with Crippen LogP contribution in [-0.2, 0) is 0 Å². The number of unbranched alkanes of at least 4 members (excludes halogenated alkanes) is 12. The zero-order valence-electron chi connectivity index (χ0n) is 16.1. The Kier molecular flexibility index (Phi) is 20.0. The molecule has 0 aliphatic heterocycles. The molecule has 0 spiro atoms. The van der Waals surface area contributed by atoms with Crippen molar-refractivity contribution in [3.05, 3.63) is 0 Å². The Balaban J connectivity index is 0. The summed E-state index contributed by atoms with van der Waals surface area (Å²) in [7, 11) is 4.85. The van der Waals surface area contributed by atoms with Crippen LogP contribution in [0, 0.1) is 0 Å². The van der Waals surface area contributed by atoms with E-state index < -0.39 is 0 Å². The van der Waals surface area contributed by atoms with E-state index in [-0.39, 0.29) is 17.0 Å². The first-order chi connectivity index (χ1) is 10.1. The molecule has 0 heterocycles. The second-order valence-corrected chi connectivity index (χ2v) is 7.63. The van der Waals surface area contributed by atoms with Crippen molar-refractivity contribution in [2.75, 3.05) is 27.2 Å². The summed E-state index contributed by atoms with van der Waals surface area (Å²) < 4.78 is 1.24. The maximum absolute atomic E-state index is 2.42. The predicted molar refractivity (Wildman–Crippen MR) is 97.8 cm³/mol. The topological polar surface area (TPSA) is 0 Å². The first kappa shape index (κ1) is 24.7. The second-order valence-electron chi connectivity index (χ2n) is 7.63. The fraction of sp³-hybridized carbons (Fsp3) is 1.00. The number of nitrogens with zero attached hydrogens (tertiary/aromatic N) is 1. The molecule has 0 radical (unpaired) electrons. The van der Waals surface area contributed by atoms with E-state index in [1.165, 1.54) is 107 Å². The van der Waals surface area contributed by atoms with Crippen LogP contribution in [0.4, 0.5) is 0 Å². The molecule has 2 heteroatoms. The van der Waals surface area contributed by atoms with E-state index in [0.717, 1.165) is 0 Å². The van der Waals surface area contributed by atoms with Crippen molar-refractivity contribution in [3.8, 4) is 0 Å². The molecular weight excluding hydrogens is 334 g/mol. The molecule has 0 rings (SSSR count). The van der Waals surface area contributed by atoms with Crippen LogP contribution in [0.25, 0.3) is 0 Å². The van der Waals surface area contributed by atoms with E-state index in [1.54, 1.807) is 0 Å². The van der Waals surface area contributed by atoms with Gasteiger partial charge >= 0.3 is 0 Å². The lowest BCUT2D eigenvalue weighted by Gasteiger charge is -2.30. The lowest BCUT2D eigenvalue weighted by atomic mass is 10.1. The van der Waals surface area contributed by atoms with Crippen molar-refractivity contribution in [3.63, 3.8) is 0 Å². The molecule has 0 aromatic rings. The monoisotopic (exact) mass is 377 g/mol. The minimum Gasteiger partial charge on any atom is -1.00 e. The Morgan fingerprint density at radius 2 is 0.727 bits per heavy atom. The van der Waals surface area contributed by atoms with Gasteiger partial charge in [0.05, 0.1) is 27.2 Å². The lowest BCUT2D eigenvalue weighted by molar-refractivity contribution is -0.890. The highest BCUT2D eigenvalue weighted by Gasteiger charge is 2.13. The summed E-state index contributed by atoms with van der Waals surface area (Å²) in [4.78, 5) is 0. The third-order valence-corrected chi connectivity index (χ3v) is 4.73. The number of halogens is 1.